The second kappa shape index (κ2) is 7.64. The van der Waals surface area contributed by atoms with Gasteiger partial charge < -0.3 is 15.4 Å². The van der Waals surface area contributed by atoms with Gasteiger partial charge in [-0.1, -0.05) is 0 Å². The Hall–Kier alpha value is -0.750. The number of hydrogen-bond donors (Lipinski definition) is 3. The van der Waals surface area contributed by atoms with E-state index in [0.29, 0.717) is 13.2 Å². The number of hydrogen-bond acceptors (Lipinski definition) is 4. The molecule has 1 atom stereocenters. The Balaban J connectivity index is 3.70. The third-order valence-corrected chi connectivity index (χ3v) is 1.81. The average molecular weight is 220 g/mol. The van der Waals surface area contributed by atoms with E-state index in [2.05, 4.69) is 23.3 Å². The van der Waals surface area contributed by atoms with Gasteiger partial charge in [-0.15, -0.1) is 0 Å². The average Bonchev–Trinajstić information content (AvgIpc) is 2.17. The summed E-state index contributed by atoms with van der Waals surface area (Å²) in [6.07, 6.45) is 0. The van der Waals surface area contributed by atoms with Gasteiger partial charge in [0.25, 0.3) is 0 Å². The largest absolute Gasteiger partial charge is 0.383 e. The van der Waals surface area contributed by atoms with Crippen LogP contribution in [0, 0.1) is 0 Å². The molecule has 0 aliphatic carbocycles. The standard InChI is InChI=1S/C8H16N2O3S/c1-6(10-7(11)5-14)8(12)9-3-4-13-2/h6,14H,3-5H2,1-2H3,(H,9,12)(H,10,11). The lowest BCUT2D eigenvalue weighted by Gasteiger charge is -2.12. The SMILES string of the molecule is COCCNC(=O)C(C)NC(=O)CS. The summed E-state index contributed by atoms with van der Waals surface area (Å²) in [4.78, 5) is 22.1. The summed E-state index contributed by atoms with van der Waals surface area (Å²) < 4.78 is 4.76. The molecule has 82 valence electrons. The van der Waals surface area contributed by atoms with Gasteiger partial charge in [-0.2, -0.15) is 12.6 Å². The van der Waals surface area contributed by atoms with Crippen molar-refractivity contribution in [2.75, 3.05) is 26.0 Å². The van der Waals surface area contributed by atoms with Crippen LogP contribution in [0.2, 0.25) is 0 Å². The van der Waals surface area contributed by atoms with Crippen LogP contribution in [0.5, 0.6) is 0 Å². The van der Waals surface area contributed by atoms with Crippen LogP contribution in [-0.2, 0) is 14.3 Å². The first-order valence-electron chi connectivity index (χ1n) is 4.28. The molecule has 0 radical (unpaired) electrons. The van der Waals surface area contributed by atoms with Crippen LogP contribution in [0.15, 0.2) is 0 Å². The van der Waals surface area contributed by atoms with Gasteiger partial charge in [-0.25, -0.2) is 0 Å². The highest BCUT2D eigenvalue weighted by Gasteiger charge is 2.13. The highest BCUT2D eigenvalue weighted by molar-refractivity contribution is 7.81. The molecule has 14 heavy (non-hydrogen) atoms. The van der Waals surface area contributed by atoms with Crippen molar-refractivity contribution >= 4 is 24.4 Å². The maximum Gasteiger partial charge on any atom is 0.242 e. The van der Waals surface area contributed by atoms with Gasteiger partial charge >= 0.3 is 0 Å². The molecule has 0 rings (SSSR count). The number of ether oxygens (including phenoxy) is 1. The van der Waals surface area contributed by atoms with Crippen LogP contribution in [-0.4, -0.2) is 43.9 Å². The van der Waals surface area contributed by atoms with E-state index >= 15 is 0 Å². The summed E-state index contributed by atoms with van der Waals surface area (Å²) in [5.41, 5.74) is 0. The fraction of sp³-hybridized carbons (Fsp3) is 0.750. The number of rotatable bonds is 6. The van der Waals surface area contributed by atoms with Crippen LogP contribution in [0.25, 0.3) is 0 Å². The molecule has 0 saturated carbocycles. The molecule has 2 N–H and O–H groups in total. The van der Waals surface area contributed by atoms with Crippen LogP contribution in [0.1, 0.15) is 6.92 Å². The van der Waals surface area contributed by atoms with E-state index in [-0.39, 0.29) is 17.6 Å². The highest BCUT2D eigenvalue weighted by Crippen LogP contribution is 1.83. The first kappa shape index (κ1) is 13.2. The van der Waals surface area contributed by atoms with Gasteiger partial charge in [0.05, 0.1) is 12.4 Å². The summed E-state index contributed by atoms with van der Waals surface area (Å²) in [7, 11) is 1.55. The molecule has 0 aromatic heterocycles. The monoisotopic (exact) mass is 220 g/mol. The van der Waals surface area contributed by atoms with Gasteiger partial charge in [-0.3, -0.25) is 9.59 Å². The zero-order valence-corrected chi connectivity index (χ0v) is 9.27. The minimum absolute atomic E-state index is 0.0791. The minimum atomic E-state index is -0.536. The molecule has 0 spiro atoms. The second-order valence-electron chi connectivity index (χ2n) is 2.73. The second-order valence-corrected chi connectivity index (χ2v) is 3.05. The predicted octanol–water partition coefficient (Wildman–Crippen LogP) is -0.817. The Morgan fingerprint density at radius 2 is 2.14 bits per heavy atom. The van der Waals surface area contributed by atoms with Gasteiger partial charge in [0.15, 0.2) is 0 Å². The first-order valence-corrected chi connectivity index (χ1v) is 4.92. The first-order chi connectivity index (χ1) is 6.61. The minimum Gasteiger partial charge on any atom is -0.383 e. The van der Waals surface area contributed by atoms with E-state index in [4.69, 9.17) is 4.74 Å². The molecule has 0 fully saturated rings. The molecule has 5 nitrogen and oxygen atoms in total. The molecule has 0 aliphatic heterocycles. The van der Waals surface area contributed by atoms with Crippen LogP contribution in [0.3, 0.4) is 0 Å². The fourth-order valence-electron chi connectivity index (χ4n) is 0.782. The van der Waals surface area contributed by atoms with E-state index in [1.807, 2.05) is 0 Å². The van der Waals surface area contributed by atoms with Gasteiger partial charge in [0, 0.05) is 13.7 Å². The number of nitrogens with one attached hydrogen (secondary N) is 2. The van der Waals surface area contributed by atoms with E-state index < -0.39 is 6.04 Å². The van der Waals surface area contributed by atoms with Crippen molar-refractivity contribution in [3.05, 3.63) is 0 Å². The third kappa shape index (κ3) is 5.82. The van der Waals surface area contributed by atoms with Crippen molar-refractivity contribution in [3.63, 3.8) is 0 Å². The number of methoxy groups -OCH3 is 1. The molecule has 0 aromatic rings. The van der Waals surface area contributed by atoms with E-state index in [1.54, 1.807) is 14.0 Å². The molecular weight excluding hydrogens is 204 g/mol. The molecule has 1 unspecified atom stereocenters. The summed E-state index contributed by atoms with van der Waals surface area (Å²) in [6.45, 7) is 2.51. The molecule has 2 amide bonds. The lowest BCUT2D eigenvalue weighted by molar-refractivity contribution is -0.127. The summed E-state index contributed by atoms with van der Waals surface area (Å²) in [6, 6.07) is -0.536. The zero-order chi connectivity index (χ0) is 11.0. The topological polar surface area (TPSA) is 67.4 Å². The smallest absolute Gasteiger partial charge is 0.242 e. The Bertz CT molecular complexity index is 199. The number of carbonyl (C=O) groups is 2. The van der Waals surface area contributed by atoms with Crippen molar-refractivity contribution in [2.45, 2.75) is 13.0 Å². The van der Waals surface area contributed by atoms with Crippen molar-refractivity contribution < 1.29 is 14.3 Å². The quantitative estimate of drug-likeness (QED) is 0.405. The van der Waals surface area contributed by atoms with E-state index in [9.17, 15) is 9.59 Å². The van der Waals surface area contributed by atoms with Crippen molar-refractivity contribution in [2.24, 2.45) is 0 Å². The fourth-order valence-corrected chi connectivity index (χ4v) is 0.873. The van der Waals surface area contributed by atoms with Gasteiger partial charge in [-0.05, 0) is 6.92 Å². The van der Waals surface area contributed by atoms with E-state index in [1.165, 1.54) is 0 Å². The number of amides is 2. The highest BCUT2D eigenvalue weighted by atomic mass is 32.1. The molecule has 6 heteroatoms. The summed E-state index contributed by atoms with van der Waals surface area (Å²) >= 11 is 3.78. The lowest BCUT2D eigenvalue weighted by Crippen LogP contribution is -2.45. The van der Waals surface area contributed by atoms with Crippen LogP contribution >= 0.6 is 12.6 Å². The van der Waals surface area contributed by atoms with Crippen molar-refractivity contribution in [1.82, 2.24) is 10.6 Å². The predicted molar refractivity (Wildman–Crippen MR) is 56.3 cm³/mol. The maximum atomic E-state index is 11.3. The summed E-state index contributed by atoms with van der Waals surface area (Å²) in [5, 5.41) is 5.10. The molecule has 0 aliphatic rings. The summed E-state index contributed by atoms with van der Waals surface area (Å²) in [5.74, 6) is -0.407. The van der Waals surface area contributed by atoms with Crippen LogP contribution in [0.4, 0.5) is 0 Å². The van der Waals surface area contributed by atoms with Crippen molar-refractivity contribution in [3.8, 4) is 0 Å². The van der Waals surface area contributed by atoms with Gasteiger partial charge in [0.2, 0.25) is 11.8 Å². The molecule has 0 heterocycles. The Labute approximate surface area is 89.0 Å². The molecule has 0 aromatic carbocycles. The molecule has 0 bridgehead atoms. The van der Waals surface area contributed by atoms with Crippen LogP contribution < -0.4 is 10.6 Å². The zero-order valence-electron chi connectivity index (χ0n) is 8.37. The van der Waals surface area contributed by atoms with Crippen molar-refractivity contribution in [1.29, 1.82) is 0 Å². The maximum absolute atomic E-state index is 11.3. The number of thiol groups is 1. The Morgan fingerprint density at radius 1 is 1.50 bits per heavy atom. The number of carbonyl (C=O) groups excluding carboxylic acids is 2. The van der Waals surface area contributed by atoms with Gasteiger partial charge in [0.1, 0.15) is 6.04 Å². The molecular formula is C8H16N2O3S. The Kier molecular flexibility index (Phi) is 7.23. The van der Waals surface area contributed by atoms with E-state index in [0.717, 1.165) is 0 Å². The lowest BCUT2D eigenvalue weighted by atomic mass is 10.3. The third-order valence-electron chi connectivity index (χ3n) is 1.52. The Morgan fingerprint density at radius 3 is 2.64 bits per heavy atom. The normalized spacial score (nSPS) is 11.9. The molecule has 0 saturated heterocycles.